The Kier molecular flexibility index (Phi) is 3.50. The summed E-state index contributed by atoms with van der Waals surface area (Å²) in [6.07, 6.45) is 9.11. The van der Waals surface area contributed by atoms with Crippen molar-refractivity contribution in [3.8, 4) is 0 Å². The molecule has 0 saturated carbocycles. The first kappa shape index (κ1) is 9.78. The zero-order valence-corrected chi connectivity index (χ0v) is 8.37. The van der Waals surface area contributed by atoms with Crippen molar-refractivity contribution >= 4 is 5.71 Å². The Morgan fingerprint density at radius 1 is 1.54 bits per heavy atom. The van der Waals surface area contributed by atoms with Crippen LogP contribution in [-0.2, 0) is 4.74 Å². The second-order valence-electron chi connectivity index (χ2n) is 2.73. The molecular formula is C11H15NO. The number of methoxy groups -OCH3 is 1. The Morgan fingerprint density at radius 2 is 2.31 bits per heavy atom. The highest BCUT2D eigenvalue weighted by atomic mass is 16.5. The minimum Gasteiger partial charge on any atom is -0.494 e. The van der Waals surface area contributed by atoms with Crippen LogP contribution in [0.4, 0.5) is 0 Å². The summed E-state index contributed by atoms with van der Waals surface area (Å²) in [5.41, 5.74) is 2.08. The summed E-state index contributed by atoms with van der Waals surface area (Å²) >= 11 is 0. The fraction of sp³-hybridized carbons (Fsp3) is 0.364. The third kappa shape index (κ3) is 2.08. The number of rotatable bonds is 2. The van der Waals surface area contributed by atoms with Gasteiger partial charge in [-0.25, -0.2) is 0 Å². The number of aliphatic imine (C=N–C) groups is 1. The Labute approximate surface area is 79.3 Å². The molecule has 1 aliphatic carbocycles. The second kappa shape index (κ2) is 4.65. The van der Waals surface area contributed by atoms with Crippen LogP contribution in [-0.4, -0.2) is 19.9 Å². The molecule has 0 bridgehead atoms. The average Bonchev–Trinajstić information content (AvgIpc) is 2.18. The monoisotopic (exact) mass is 177 g/mol. The van der Waals surface area contributed by atoms with E-state index in [1.54, 1.807) is 14.2 Å². The minimum absolute atomic E-state index is 0.838. The highest BCUT2D eigenvalue weighted by molar-refractivity contribution is 6.14. The summed E-state index contributed by atoms with van der Waals surface area (Å²) in [6, 6.07) is 0. The lowest BCUT2D eigenvalue weighted by molar-refractivity contribution is 0.315. The van der Waals surface area contributed by atoms with Gasteiger partial charge in [0.15, 0.2) is 0 Å². The van der Waals surface area contributed by atoms with E-state index in [9.17, 15) is 0 Å². The van der Waals surface area contributed by atoms with Gasteiger partial charge < -0.3 is 4.74 Å². The van der Waals surface area contributed by atoms with Gasteiger partial charge in [-0.3, -0.25) is 4.99 Å². The van der Waals surface area contributed by atoms with Crippen molar-refractivity contribution in [3.05, 3.63) is 35.6 Å². The van der Waals surface area contributed by atoms with Crippen LogP contribution >= 0.6 is 0 Å². The SMILES string of the molecule is CC/C=C1/C=CC=C(OC)C1=NC. The molecule has 70 valence electrons. The maximum atomic E-state index is 5.21. The molecule has 0 N–H and O–H groups in total. The van der Waals surface area contributed by atoms with Gasteiger partial charge in [0.05, 0.1) is 7.11 Å². The molecule has 2 heteroatoms. The van der Waals surface area contributed by atoms with Crippen molar-refractivity contribution < 1.29 is 4.74 Å². The normalized spacial score (nSPS) is 22.2. The van der Waals surface area contributed by atoms with Crippen molar-refractivity contribution in [1.82, 2.24) is 0 Å². The van der Waals surface area contributed by atoms with Crippen LogP contribution in [0, 0.1) is 0 Å². The molecule has 0 saturated heterocycles. The van der Waals surface area contributed by atoms with E-state index in [4.69, 9.17) is 4.74 Å². The van der Waals surface area contributed by atoms with E-state index in [0.29, 0.717) is 0 Å². The highest BCUT2D eigenvalue weighted by Gasteiger charge is 2.12. The fourth-order valence-corrected chi connectivity index (χ4v) is 1.33. The molecule has 0 atom stereocenters. The van der Waals surface area contributed by atoms with Gasteiger partial charge in [-0.15, -0.1) is 0 Å². The molecule has 0 aromatic heterocycles. The van der Waals surface area contributed by atoms with Gasteiger partial charge in [0, 0.05) is 7.05 Å². The Bertz CT molecular complexity index is 295. The van der Waals surface area contributed by atoms with E-state index in [2.05, 4.69) is 18.0 Å². The zero-order valence-electron chi connectivity index (χ0n) is 8.37. The Morgan fingerprint density at radius 3 is 2.85 bits per heavy atom. The zero-order chi connectivity index (χ0) is 9.68. The fourth-order valence-electron chi connectivity index (χ4n) is 1.33. The molecule has 0 amide bonds. The van der Waals surface area contributed by atoms with Gasteiger partial charge in [-0.1, -0.05) is 25.2 Å². The second-order valence-corrected chi connectivity index (χ2v) is 2.73. The van der Waals surface area contributed by atoms with E-state index >= 15 is 0 Å². The molecular weight excluding hydrogens is 162 g/mol. The summed E-state index contributed by atoms with van der Waals surface area (Å²) < 4.78 is 5.21. The lowest BCUT2D eigenvalue weighted by Crippen LogP contribution is -2.09. The van der Waals surface area contributed by atoms with E-state index in [1.165, 1.54) is 0 Å². The summed E-state index contributed by atoms with van der Waals surface area (Å²) in [6.45, 7) is 2.11. The first-order valence-electron chi connectivity index (χ1n) is 4.43. The molecule has 1 rings (SSSR count). The number of allylic oxidation sites excluding steroid dienone is 5. The molecule has 0 aromatic carbocycles. The van der Waals surface area contributed by atoms with E-state index in [0.717, 1.165) is 23.5 Å². The number of ether oxygens (including phenoxy) is 1. The third-order valence-corrected chi connectivity index (χ3v) is 1.90. The molecule has 2 nitrogen and oxygen atoms in total. The van der Waals surface area contributed by atoms with E-state index in [1.807, 2.05) is 18.2 Å². The van der Waals surface area contributed by atoms with Crippen molar-refractivity contribution in [3.63, 3.8) is 0 Å². The van der Waals surface area contributed by atoms with Crippen LogP contribution in [0.3, 0.4) is 0 Å². The van der Waals surface area contributed by atoms with Crippen molar-refractivity contribution in [2.45, 2.75) is 13.3 Å². The van der Waals surface area contributed by atoms with Crippen LogP contribution in [0.1, 0.15) is 13.3 Å². The smallest absolute Gasteiger partial charge is 0.144 e. The molecule has 0 spiro atoms. The molecule has 0 radical (unpaired) electrons. The molecule has 1 aliphatic rings. The first-order chi connectivity index (χ1) is 6.33. The van der Waals surface area contributed by atoms with Gasteiger partial charge in [-0.2, -0.15) is 0 Å². The first-order valence-corrected chi connectivity index (χ1v) is 4.43. The highest BCUT2D eigenvalue weighted by Crippen LogP contribution is 2.16. The predicted octanol–water partition coefficient (Wildman–Crippen LogP) is 2.49. The molecule has 0 aromatic rings. The van der Waals surface area contributed by atoms with Crippen molar-refractivity contribution in [2.75, 3.05) is 14.2 Å². The molecule has 13 heavy (non-hydrogen) atoms. The number of nitrogens with zero attached hydrogens (tertiary/aromatic N) is 1. The molecule has 0 heterocycles. The van der Waals surface area contributed by atoms with Gasteiger partial charge in [-0.05, 0) is 18.1 Å². The summed E-state index contributed by atoms with van der Waals surface area (Å²) in [4.78, 5) is 4.20. The third-order valence-electron chi connectivity index (χ3n) is 1.90. The Balaban J connectivity index is 3.01. The van der Waals surface area contributed by atoms with Gasteiger partial charge in [0.25, 0.3) is 0 Å². The maximum Gasteiger partial charge on any atom is 0.144 e. The largest absolute Gasteiger partial charge is 0.494 e. The molecule has 0 unspecified atom stereocenters. The molecule has 0 aliphatic heterocycles. The lowest BCUT2D eigenvalue weighted by atomic mass is 10.0. The van der Waals surface area contributed by atoms with Crippen LogP contribution in [0.2, 0.25) is 0 Å². The minimum atomic E-state index is 0.838. The van der Waals surface area contributed by atoms with Gasteiger partial charge in [0.2, 0.25) is 0 Å². The lowest BCUT2D eigenvalue weighted by Gasteiger charge is -2.13. The average molecular weight is 177 g/mol. The van der Waals surface area contributed by atoms with Gasteiger partial charge >= 0.3 is 0 Å². The summed E-state index contributed by atoms with van der Waals surface area (Å²) in [5.74, 6) is 0.838. The van der Waals surface area contributed by atoms with Crippen LogP contribution < -0.4 is 0 Å². The number of hydrogen-bond donors (Lipinski definition) is 0. The predicted molar refractivity (Wildman–Crippen MR) is 56.0 cm³/mol. The van der Waals surface area contributed by atoms with Crippen molar-refractivity contribution in [1.29, 1.82) is 0 Å². The standard InChI is InChI=1S/C11H15NO/c1-4-6-9-7-5-8-10(13-3)11(9)12-2/h5-8H,4H2,1-3H3/b9-6-,12-11?. The Hall–Kier alpha value is -1.31. The summed E-state index contributed by atoms with van der Waals surface area (Å²) in [7, 11) is 3.45. The van der Waals surface area contributed by atoms with E-state index < -0.39 is 0 Å². The van der Waals surface area contributed by atoms with E-state index in [-0.39, 0.29) is 0 Å². The quantitative estimate of drug-likeness (QED) is 0.635. The van der Waals surface area contributed by atoms with Crippen LogP contribution in [0.25, 0.3) is 0 Å². The topological polar surface area (TPSA) is 21.6 Å². The number of hydrogen-bond acceptors (Lipinski definition) is 2. The van der Waals surface area contributed by atoms with Crippen molar-refractivity contribution in [2.24, 2.45) is 4.99 Å². The molecule has 0 fully saturated rings. The van der Waals surface area contributed by atoms with Crippen LogP contribution in [0.15, 0.2) is 40.6 Å². The van der Waals surface area contributed by atoms with Gasteiger partial charge in [0.1, 0.15) is 11.5 Å². The maximum absolute atomic E-state index is 5.21. The van der Waals surface area contributed by atoms with Crippen LogP contribution in [0.5, 0.6) is 0 Å². The summed E-state index contributed by atoms with van der Waals surface area (Å²) in [5, 5.41) is 0.